The molecule has 0 aliphatic carbocycles. The summed E-state index contributed by atoms with van der Waals surface area (Å²) in [4.78, 5) is 19.4. The number of rotatable bonds is 11. The monoisotopic (exact) mass is 547 g/mol. The van der Waals surface area contributed by atoms with E-state index in [1.165, 1.54) is 11.8 Å². The zero-order chi connectivity index (χ0) is 27.3. The molecular formula is C28H32F3N3O3S. The van der Waals surface area contributed by atoms with Crippen LogP contribution in [0.25, 0.3) is 10.9 Å². The number of fused-ring (bicyclic) bond motifs is 1. The fourth-order valence-corrected chi connectivity index (χ4v) is 6.11. The molecule has 4 rings (SSSR count). The number of ether oxygens (including phenoxy) is 1. The topological polar surface area (TPSA) is 88.7 Å². The van der Waals surface area contributed by atoms with Crippen LogP contribution in [0.5, 0.6) is 5.75 Å². The number of nitrogens with zero attached hydrogens (tertiary/aromatic N) is 2. The highest BCUT2D eigenvalue weighted by Crippen LogP contribution is 2.38. The highest BCUT2D eigenvalue weighted by Gasteiger charge is 2.40. The fraction of sp³-hybridized carbons (Fsp3) is 0.429. The number of methoxy groups -OCH3 is 1. The van der Waals surface area contributed by atoms with Crippen LogP contribution in [0.2, 0.25) is 0 Å². The Balaban J connectivity index is 1.34. The van der Waals surface area contributed by atoms with Crippen molar-refractivity contribution in [1.29, 1.82) is 0 Å². The Morgan fingerprint density at radius 1 is 1.18 bits per heavy atom. The van der Waals surface area contributed by atoms with Gasteiger partial charge in [-0.15, -0.1) is 11.8 Å². The molecule has 38 heavy (non-hydrogen) atoms. The molecule has 1 fully saturated rings. The lowest BCUT2D eigenvalue weighted by atomic mass is 9.74. The van der Waals surface area contributed by atoms with Crippen molar-refractivity contribution < 1.29 is 27.8 Å². The quantitative estimate of drug-likeness (QED) is 0.245. The van der Waals surface area contributed by atoms with Crippen molar-refractivity contribution in [3.63, 3.8) is 0 Å². The number of hydrogen-bond donors (Lipinski definition) is 2. The summed E-state index contributed by atoms with van der Waals surface area (Å²) >= 11 is 1.25. The average molecular weight is 548 g/mol. The van der Waals surface area contributed by atoms with E-state index in [0.717, 1.165) is 39.9 Å². The Labute approximate surface area is 224 Å². The molecule has 1 aliphatic heterocycles. The first-order chi connectivity index (χ1) is 18.3. The normalized spacial score (nSPS) is 15.6. The van der Waals surface area contributed by atoms with E-state index >= 15 is 0 Å². The summed E-state index contributed by atoms with van der Waals surface area (Å²) < 4.78 is 45.4. The molecule has 3 N–H and O–H groups in total. The van der Waals surface area contributed by atoms with Gasteiger partial charge < -0.3 is 20.5 Å². The van der Waals surface area contributed by atoms with Crippen molar-refractivity contribution in [1.82, 2.24) is 9.88 Å². The van der Waals surface area contributed by atoms with Gasteiger partial charge in [-0.05, 0) is 86.7 Å². The number of aliphatic carboxylic acids is 1. The summed E-state index contributed by atoms with van der Waals surface area (Å²) in [5, 5.41) is 11.1. The first-order valence-electron chi connectivity index (χ1n) is 12.6. The zero-order valence-corrected chi connectivity index (χ0v) is 22.1. The molecule has 0 unspecified atom stereocenters. The molecule has 6 nitrogen and oxygen atoms in total. The smallest absolute Gasteiger partial charge is 0.309 e. The molecule has 0 atom stereocenters. The predicted octanol–water partition coefficient (Wildman–Crippen LogP) is 5.40. The van der Waals surface area contributed by atoms with Crippen LogP contribution >= 0.6 is 11.8 Å². The second-order valence-electron chi connectivity index (χ2n) is 9.68. The van der Waals surface area contributed by atoms with Crippen LogP contribution < -0.4 is 10.5 Å². The Kier molecular flexibility index (Phi) is 9.17. The van der Waals surface area contributed by atoms with Gasteiger partial charge in [0, 0.05) is 35.3 Å². The largest absolute Gasteiger partial charge is 0.497 e. The van der Waals surface area contributed by atoms with Gasteiger partial charge in [0.2, 0.25) is 0 Å². The second kappa shape index (κ2) is 12.4. The van der Waals surface area contributed by atoms with E-state index in [1.54, 1.807) is 13.3 Å². The molecule has 0 spiro atoms. The van der Waals surface area contributed by atoms with Gasteiger partial charge in [0.1, 0.15) is 5.75 Å². The number of aromatic nitrogens is 1. The van der Waals surface area contributed by atoms with Gasteiger partial charge in [-0.2, -0.15) is 0 Å². The summed E-state index contributed by atoms with van der Waals surface area (Å²) in [5.74, 6) is -3.35. The third-order valence-electron chi connectivity index (χ3n) is 7.48. The number of hydrogen-bond acceptors (Lipinski definition) is 6. The Bertz CT molecular complexity index is 1270. The minimum absolute atomic E-state index is 0.330. The van der Waals surface area contributed by atoms with Gasteiger partial charge in [0.05, 0.1) is 18.0 Å². The highest BCUT2D eigenvalue weighted by atomic mass is 32.2. The minimum Gasteiger partial charge on any atom is -0.497 e. The summed E-state index contributed by atoms with van der Waals surface area (Å²) in [6, 6.07) is 7.71. The number of thioether (sulfide) groups is 1. The van der Waals surface area contributed by atoms with E-state index in [1.807, 2.05) is 18.2 Å². The summed E-state index contributed by atoms with van der Waals surface area (Å²) in [7, 11) is 1.62. The second-order valence-corrected chi connectivity index (χ2v) is 10.8. The van der Waals surface area contributed by atoms with Gasteiger partial charge >= 0.3 is 5.97 Å². The highest BCUT2D eigenvalue weighted by molar-refractivity contribution is 7.99. The SMILES string of the molecule is COc1ccc2ncc(CN)c(CCCC3(C(=O)O)CCN(CCSc4cc(F)c(F)c(F)c4)CC3)c2c1. The van der Waals surface area contributed by atoms with Gasteiger partial charge in [-0.25, -0.2) is 13.2 Å². The van der Waals surface area contributed by atoms with Gasteiger partial charge in [0.15, 0.2) is 17.5 Å². The molecule has 0 amide bonds. The Morgan fingerprint density at radius 3 is 2.53 bits per heavy atom. The molecule has 1 aliphatic rings. The maximum atomic E-state index is 13.4. The zero-order valence-electron chi connectivity index (χ0n) is 21.3. The van der Waals surface area contributed by atoms with Gasteiger partial charge in [0.25, 0.3) is 0 Å². The Hall–Kier alpha value is -2.82. The molecule has 2 heterocycles. The van der Waals surface area contributed by atoms with E-state index in [4.69, 9.17) is 10.5 Å². The lowest BCUT2D eigenvalue weighted by molar-refractivity contribution is -0.152. The molecule has 10 heteroatoms. The van der Waals surface area contributed by atoms with Crippen molar-refractivity contribution in [3.8, 4) is 5.75 Å². The van der Waals surface area contributed by atoms with Crippen LogP contribution in [0.4, 0.5) is 13.2 Å². The van der Waals surface area contributed by atoms with Crippen LogP contribution in [0.1, 0.15) is 36.8 Å². The van der Waals surface area contributed by atoms with E-state index in [9.17, 15) is 23.1 Å². The van der Waals surface area contributed by atoms with Crippen molar-refractivity contribution >= 4 is 28.6 Å². The maximum Gasteiger partial charge on any atom is 0.309 e. The summed E-state index contributed by atoms with van der Waals surface area (Å²) in [6.07, 6.45) is 4.80. The number of benzene rings is 2. The molecule has 3 aromatic rings. The number of carboxylic acids is 1. The predicted molar refractivity (Wildman–Crippen MR) is 142 cm³/mol. The maximum absolute atomic E-state index is 13.4. The number of likely N-dealkylation sites (tertiary alicyclic amines) is 1. The number of carboxylic acid groups (broad SMARTS) is 1. The number of aryl methyl sites for hydroxylation is 1. The number of carbonyl (C=O) groups is 1. The fourth-order valence-electron chi connectivity index (χ4n) is 5.15. The van der Waals surface area contributed by atoms with Crippen molar-refractivity contribution in [2.45, 2.75) is 43.5 Å². The summed E-state index contributed by atoms with van der Waals surface area (Å²) in [6.45, 7) is 2.25. The van der Waals surface area contributed by atoms with E-state index in [-0.39, 0.29) is 0 Å². The van der Waals surface area contributed by atoms with Crippen molar-refractivity contribution in [2.75, 3.05) is 32.5 Å². The van der Waals surface area contributed by atoms with Crippen LogP contribution in [0.15, 0.2) is 41.4 Å². The van der Waals surface area contributed by atoms with Crippen LogP contribution in [0.3, 0.4) is 0 Å². The third kappa shape index (κ3) is 6.24. The molecule has 2 aromatic carbocycles. The van der Waals surface area contributed by atoms with E-state index in [2.05, 4.69) is 9.88 Å². The van der Waals surface area contributed by atoms with Crippen molar-refractivity contribution in [2.24, 2.45) is 11.1 Å². The first-order valence-corrected chi connectivity index (χ1v) is 13.6. The average Bonchev–Trinajstić information content (AvgIpc) is 2.92. The van der Waals surface area contributed by atoms with Crippen LogP contribution in [-0.4, -0.2) is 53.5 Å². The summed E-state index contributed by atoms with van der Waals surface area (Å²) in [5.41, 5.74) is 8.07. The third-order valence-corrected chi connectivity index (χ3v) is 8.43. The van der Waals surface area contributed by atoms with E-state index < -0.39 is 28.8 Å². The number of piperidine rings is 1. The minimum atomic E-state index is -1.47. The number of halogens is 3. The lowest BCUT2D eigenvalue weighted by Crippen LogP contribution is -2.45. The Morgan fingerprint density at radius 2 is 1.89 bits per heavy atom. The molecule has 0 radical (unpaired) electrons. The van der Waals surface area contributed by atoms with Crippen LogP contribution in [-0.2, 0) is 17.8 Å². The van der Waals surface area contributed by atoms with Gasteiger partial charge in [-0.3, -0.25) is 9.78 Å². The van der Waals surface area contributed by atoms with E-state index in [0.29, 0.717) is 68.9 Å². The molecular weight excluding hydrogens is 515 g/mol. The molecule has 0 saturated carbocycles. The molecule has 0 bridgehead atoms. The van der Waals surface area contributed by atoms with Crippen molar-refractivity contribution in [3.05, 3.63) is 65.1 Å². The van der Waals surface area contributed by atoms with Gasteiger partial charge in [-0.1, -0.05) is 0 Å². The number of pyridine rings is 1. The van der Waals surface area contributed by atoms with Crippen LogP contribution in [0, 0.1) is 22.9 Å². The lowest BCUT2D eigenvalue weighted by Gasteiger charge is -2.39. The molecule has 204 valence electrons. The molecule has 1 aromatic heterocycles. The first kappa shape index (κ1) is 28.2. The molecule has 1 saturated heterocycles. The number of nitrogens with two attached hydrogens (primary N) is 1. The standard InChI is InChI=1S/C28H32F3N3O3S/c1-37-19-4-5-25-22(13-19)21(18(16-32)17-33-25)3-2-6-28(27(35)36)7-9-34(10-8-28)11-12-38-20-14-23(29)26(31)24(30)15-20/h4-5,13-15,17H,2-3,6-12,16,32H2,1H3,(H,35,36).